The summed E-state index contributed by atoms with van der Waals surface area (Å²) in [4.78, 5) is -0.0200. The molecule has 0 saturated carbocycles. The van der Waals surface area contributed by atoms with Crippen molar-refractivity contribution in [3.63, 3.8) is 0 Å². The lowest BCUT2D eigenvalue weighted by molar-refractivity contribution is 0.477. The normalized spacial score (nSPS) is 12.7. The summed E-state index contributed by atoms with van der Waals surface area (Å²) in [6.45, 7) is 2.05. The van der Waals surface area contributed by atoms with Crippen molar-refractivity contribution >= 4 is 15.9 Å². The third kappa shape index (κ3) is 2.35. The van der Waals surface area contributed by atoms with Gasteiger partial charge in [0, 0.05) is 6.42 Å². The van der Waals surface area contributed by atoms with E-state index >= 15 is 0 Å². The van der Waals surface area contributed by atoms with Crippen LogP contribution in [0.3, 0.4) is 0 Å². The SMILES string of the molecule is CCc1ccc(C(Br)c2ccc(F)cc2)o1. The van der Waals surface area contributed by atoms with E-state index in [-0.39, 0.29) is 10.6 Å². The Morgan fingerprint density at radius 3 is 2.44 bits per heavy atom. The van der Waals surface area contributed by atoms with Crippen molar-refractivity contribution in [3.05, 3.63) is 59.3 Å². The van der Waals surface area contributed by atoms with E-state index in [1.165, 1.54) is 12.1 Å². The van der Waals surface area contributed by atoms with Crippen molar-refractivity contribution in [2.45, 2.75) is 18.2 Å². The van der Waals surface area contributed by atoms with E-state index in [0.29, 0.717) is 0 Å². The van der Waals surface area contributed by atoms with Gasteiger partial charge in [0.25, 0.3) is 0 Å². The molecule has 1 unspecified atom stereocenters. The van der Waals surface area contributed by atoms with Crippen LogP contribution in [0, 0.1) is 5.82 Å². The molecular formula is C13H12BrFO. The van der Waals surface area contributed by atoms with Crippen LogP contribution >= 0.6 is 15.9 Å². The van der Waals surface area contributed by atoms with Crippen molar-refractivity contribution in [1.82, 2.24) is 0 Å². The molecule has 1 atom stereocenters. The lowest BCUT2D eigenvalue weighted by Gasteiger charge is -2.06. The monoisotopic (exact) mass is 282 g/mol. The zero-order chi connectivity index (χ0) is 11.5. The van der Waals surface area contributed by atoms with Crippen LogP contribution < -0.4 is 0 Å². The Labute approximate surface area is 102 Å². The molecule has 0 spiro atoms. The molecule has 1 aromatic carbocycles. The van der Waals surface area contributed by atoms with E-state index in [1.54, 1.807) is 12.1 Å². The molecule has 1 nitrogen and oxygen atoms in total. The fraction of sp³-hybridized carbons (Fsp3) is 0.231. The summed E-state index contributed by atoms with van der Waals surface area (Å²) in [5.41, 5.74) is 0.985. The largest absolute Gasteiger partial charge is 0.465 e. The van der Waals surface area contributed by atoms with Gasteiger partial charge in [0.2, 0.25) is 0 Å². The third-order valence-electron chi connectivity index (χ3n) is 2.44. The molecule has 0 bridgehead atoms. The first-order chi connectivity index (χ1) is 7.70. The second kappa shape index (κ2) is 4.83. The molecule has 1 aromatic heterocycles. The topological polar surface area (TPSA) is 13.1 Å². The average molecular weight is 283 g/mol. The van der Waals surface area contributed by atoms with E-state index in [9.17, 15) is 4.39 Å². The second-order valence-electron chi connectivity index (χ2n) is 3.57. The van der Waals surface area contributed by atoms with Crippen molar-refractivity contribution in [2.24, 2.45) is 0 Å². The van der Waals surface area contributed by atoms with Crippen LogP contribution in [0.4, 0.5) is 4.39 Å². The predicted molar refractivity (Wildman–Crippen MR) is 65.3 cm³/mol. The quantitative estimate of drug-likeness (QED) is 0.758. The molecule has 0 N–H and O–H groups in total. The summed E-state index contributed by atoms with van der Waals surface area (Å²) in [5.74, 6) is 1.59. The highest BCUT2D eigenvalue weighted by Crippen LogP contribution is 2.31. The van der Waals surface area contributed by atoms with Crippen LogP contribution in [0.15, 0.2) is 40.8 Å². The minimum absolute atomic E-state index is 0.0200. The first-order valence-corrected chi connectivity index (χ1v) is 6.10. The molecule has 0 aliphatic carbocycles. The molecule has 2 rings (SSSR count). The Morgan fingerprint density at radius 2 is 1.88 bits per heavy atom. The zero-order valence-electron chi connectivity index (χ0n) is 8.91. The number of rotatable bonds is 3. The van der Waals surface area contributed by atoms with Gasteiger partial charge >= 0.3 is 0 Å². The number of hydrogen-bond donors (Lipinski definition) is 0. The van der Waals surface area contributed by atoms with Crippen molar-refractivity contribution in [1.29, 1.82) is 0 Å². The fourth-order valence-electron chi connectivity index (χ4n) is 1.52. The second-order valence-corrected chi connectivity index (χ2v) is 4.49. The van der Waals surface area contributed by atoms with Gasteiger partial charge in [-0.3, -0.25) is 0 Å². The third-order valence-corrected chi connectivity index (χ3v) is 3.42. The number of halogens is 2. The summed E-state index contributed by atoms with van der Waals surface area (Å²) in [7, 11) is 0. The molecule has 16 heavy (non-hydrogen) atoms. The summed E-state index contributed by atoms with van der Waals surface area (Å²) >= 11 is 3.54. The lowest BCUT2D eigenvalue weighted by atomic mass is 10.1. The van der Waals surface area contributed by atoms with Gasteiger partial charge in [-0.25, -0.2) is 4.39 Å². The minimum Gasteiger partial charge on any atom is -0.465 e. The maximum absolute atomic E-state index is 12.8. The van der Waals surface area contributed by atoms with Gasteiger partial charge in [-0.2, -0.15) is 0 Å². The first-order valence-electron chi connectivity index (χ1n) is 5.19. The molecule has 0 amide bonds. The van der Waals surface area contributed by atoms with Gasteiger partial charge in [0.15, 0.2) is 0 Å². The van der Waals surface area contributed by atoms with Crippen LogP contribution in [-0.4, -0.2) is 0 Å². The maximum atomic E-state index is 12.8. The van der Waals surface area contributed by atoms with Gasteiger partial charge < -0.3 is 4.42 Å². The number of furan rings is 1. The maximum Gasteiger partial charge on any atom is 0.123 e. The molecule has 0 aliphatic rings. The molecular weight excluding hydrogens is 271 g/mol. The number of hydrogen-bond acceptors (Lipinski definition) is 1. The first kappa shape index (κ1) is 11.4. The van der Waals surface area contributed by atoms with Crippen molar-refractivity contribution < 1.29 is 8.81 Å². The van der Waals surface area contributed by atoms with Gasteiger partial charge in [0.05, 0.1) is 4.83 Å². The summed E-state index contributed by atoms with van der Waals surface area (Å²) < 4.78 is 18.4. The Balaban J connectivity index is 2.24. The summed E-state index contributed by atoms with van der Waals surface area (Å²) in [6.07, 6.45) is 0.878. The van der Waals surface area contributed by atoms with E-state index in [0.717, 1.165) is 23.5 Å². The average Bonchev–Trinajstić information content (AvgIpc) is 2.77. The highest BCUT2D eigenvalue weighted by Gasteiger charge is 2.14. The smallest absolute Gasteiger partial charge is 0.123 e. The number of alkyl halides is 1. The van der Waals surface area contributed by atoms with Gasteiger partial charge in [-0.15, -0.1) is 0 Å². The van der Waals surface area contributed by atoms with E-state index < -0.39 is 0 Å². The molecule has 0 saturated heterocycles. The van der Waals surface area contributed by atoms with Gasteiger partial charge in [0.1, 0.15) is 17.3 Å². The molecule has 0 radical (unpaired) electrons. The number of aryl methyl sites for hydroxylation is 1. The Hall–Kier alpha value is -1.09. The van der Waals surface area contributed by atoms with Crippen LogP contribution in [0.5, 0.6) is 0 Å². The molecule has 3 heteroatoms. The van der Waals surface area contributed by atoms with Crippen molar-refractivity contribution in [2.75, 3.05) is 0 Å². The fourth-order valence-corrected chi connectivity index (χ4v) is 2.07. The highest BCUT2D eigenvalue weighted by molar-refractivity contribution is 9.09. The molecule has 84 valence electrons. The summed E-state index contributed by atoms with van der Waals surface area (Å²) in [6, 6.07) is 10.3. The number of benzene rings is 1. The summed E-state index contributed by atoms with van der Waals surface area (Å²) in [5, 5.41) is 0. The molecule has 2 aromatic rings. The van der Waals surface area contributed by atoms with Crippen LogP contribution in [0.2, 0.25) is 0 Å². The Bertz CT molecular complexity index is 461. The zero-order valence-corrected chi connectivity index (χ0v) is 10.5. The van der Waals surface area contributed by atoms with E-state index in [1.807, 2.05) is 19.1 Å². The molecule has 1 heterocycles. The van der Waals surface area contributed by atoms with Gasteiger partial charge in [-0.05, 0) is 29.8 Å². The molecule has 0 aliphatic heterocycles. The van der Waals surface area contributed by atoms with Crippen molar-refractivity contribution in [3.8, 4) is 0 Å². The Morgan fingerprint density at radius 1 is 1.19 bits per heavy atom. The molecule has 0 fully saturated rings. The Kier molecular flexibility index (Phi) is 3.44. The standard InChI is InChI=1S/C13H12BrFO/c1-2-11-7-8-12(16-11)13(14)9-3-5-10(15)6-4-9/h3-8,13H,2H2,1H3. The van der Waals surface area contributed by atoms with Crippen LogP contribution in [0.1, 0.15) is 28.8 Å². The van der Waals surface area contributed by atoms with Crippen LogP contribution in [0.25, 0.3) is 0 Å². The predicted octanol–water partition coefficient (Wildman–Crippen LogP) is 4.47. The van der Waals surface area contributed by atoms with Gasteiger partial charge in [-0.1, -0.05) is 35.0 Å². The minimum atomic E-state index is -0.225. The van der Waals surface area contributed by atoms with Crippen LogP contribution in [-0.2, 0) is 6.42 Å². The van der Waals surface area contributed by atoms with E-state index in [4.69, 9.17) is 4.42 Å². The lowest BCUT2D eigenvalue weighted by Crippen LogP contribution is -1.90. The highest BCUT2D eigenvalue weighted by atomic mass is 79.9. The van der Waals surface area contributed by atoms with E-state index in [2.05, 4.69) is 15.9 Å².